The highest BCUT2D eigenvalue weighted by atomic mass is 16.7. The molecular weight excluding hydrogens is 486 g/mol. The Morgan fingerprint density at radius 3 is 1.86 bits per heavy atom. The Morgan fingerprint density at radius 2 is 1.32 bits per heavy atom. The second-order valence-electron chi connectivity index (χ2n) is 9.07. The van der Waals surface area contributed by atoms with E-state index in [1.807, 2.05) is 6.92 Å². The van der Waals surface area contributed by atoms with Crippen molar-refractivity contribution in [1.29, 1.82) is 0 Å². The van der Waals surface area contributed by atoms with E-state index in [1.54, 1.807) is 47.6 Å². The van der Waals surface area contributed by atoms with Crippen LogP contribution in [0.15, 0.2) is 18.2 Å². The SMILES string of the molecule is CCCCC(=O)O[C@@H](C)[C@H](C)OC(=O)[C@@H](N)Cc1ccc(OC(=O)OC(C)C)c(OC(=O)OC(C)C)c1. The summed E-state index contributed by atoms with van der Waals surface area (Å²) in [4.78, 5) is 48.3. The normalized spacial score (nSPS) is 13.4. The van der Waals surface area contributed by atoms with Crippen LogP contribution in [-0.2, 0) is 35.0 Å². The zero-order valence-electron chi connectivity index (χ0n) is 22.6. The van der Waals surface area contributed by atoms with Crippen molar-refractivity contribution in [3.8, 4) is 11.5 Å². The molecule has 0 unspecified atom stereocenters. The smallest absolute Gasteiger partial charge is 0.459 e. The fourth-order valence-electron chi connectivity index (χ4n) is 2.84. The standard InChI is InChI=1S/C26H39NO10/c1-8-9-10-23(28)34-17(6)18(7)35-24(29)20(27)13-19-11-12-21(36-25(30)32-15(2)3)22(14-19)37-26(31)33-16(4)5/h11-12,14-18,20H,8-10,13,27H2,1-7H3/t17-,18-,20-/m0/s1. The first-order valence-electron chi connectivity index (χ1n) is 12.4. The molecule has 0 aliphatic heterocycles. The van der Waals surface area contributed by atoms with Crippen LogP contribution in [0.3, 0.4) is 0 Å². The first-order valence-corrected chi connectivity index (χ1v) is 12.4. The van der Waals surface area contributed by atoms with E-state index in [0.29, 0.717) is 18.4 Å². The number of hydrogen-bond donors (Lipinski definition) is 1. The molecule has 208 valence electrons. The summed E-state index contributed by atoms with van der Waals surface area (Å²) in [5, 5.41) is 0. The predicted octanol–water partition coefficient (Wildman–Crippen LogP) is 4.46. The average molecular weight is 526 g/mol. The molecule has 11 heteroatoms. The second-order valence-corrected chi connectivity index (χ2v) is 9.07. The van der Waals surface area contributed by atoms with Crippen LogP contribution >= 0.6 is 0 Å². The van der Waals surface area contributed by atoms with Gasteiger partial charge in [-0.05, 0) is 72.1 Å². The van der Waals surface area contributed by atoms with Gasteiger partial charge in [0.15, 0.2) is 11.5 Å². The van der Waals surface area contributed by atoms with Crippen molar-refractivity contribution in [3.63, 3.8) is 0 Å². The number of nitrogens with two attached hydrogens (primary N) is 1. The Balaban J connectivity index is 2.89. The second kappa shape index (κ2) is 15.7. The average Bonchev–Trinajstić information content (AvgIpc) is 2.78. The van der Waals surface area contributed by atoms with Crippen LogP contribution in [0, 0.1) is 0 Å². The van der Waals surface area contributed by atoms with E-state index >= 15 is 0 Å². The summed E-state index contributed by atoms with van der Waals surface area (Å²) in [5.41, 5.74) is 6.53. The molecule has 1 rings (SSSR count). The number of hydrogen-bond acceptors (Lipinski definition) is 11. The molecule has 0 radical (unpaired) electrons. The summed E-state index contributed by atoms with van der Waals surface area (Å²) >= 11 is 0. The number of carbonyl (C=O) groups excluding carboxylic acids is 4. The fourth-order valence-corrected chi connectivity index (χ4v) is 2.84. The quantitative estimate of drug-likeness (QED) is 0.221. The maximum atomic E-state index is 12.5. The molecule has 0 amide bonds. The van der Waals surface area contributed by atoms with Gasteiger partial charge in [0.1, 0.15) is 18.2 Å². The van der Waals surface area contributed by atoms with Gasteiger partial charge in [-0.3, -0.25) is 9.59 Å². The summed E-state index contributed by atoms with van der Waals surface area (Å²) in [6, 6.07) is 3.26. The number of carbonyl (C=O) groups is 4. The van der Waals surface area contributed by atoms with Crippen molar-refractivity contribution in [1.82, 2.24) is 0 Å². The van der Waals surface area contributed by atoms with Crippen LogP contribution in [0.2, 0.25) is 0 Å². The summed E-state index contributed by atoms with van der Waals surface area (Å²) in [5.74, 6) is -1.26. The van der Waals surface area contributed by atoms with Gasteiger partial charge in [-0.25, -0.2) is 9.59 Å². The van der Waals surface area contributed by atoms with E-state index in [9.17, 15) is 19.2 Å². The fraction of sp³-hybridized carbons (Fsp3) is 0.615. The lowest BCUT2D eigenvalue weighted by Gasteiger charge is -2.22. The molecule has 0 spiro atoms. The van der Waals surface area contributed by atoms with Crippen molar-refractivity contribution >= 4 is 24.2 Å². The lowest BCUT2D eigenvalue weighted by Crippen LogP contribution is -2.39. The minimum absolute atomic E-state index is 0.0164. The molecule has 0 aliphatic rings. The Bertz CT molecular complexity index is 915. The molecule has 0 fully saturated rings. The van der Waals surface area contributed by atoms with Crippen LogP contribution in [0.25, 0.3) is 0 Å². The summed E-state index contributed by atoms with van der Waals surface area (Å²) in [6.07, 6.45) is -2.31. The minimum Gasteiger partial charge on any atom is -0.459 e. The van der Waals surface area contributed by atoms with E-state index in [-0.39, 0.29) is 23.9 Å². The van der Waals surface area contributed by atoms with E-state index in [1.165, 1.54) is 12.1 Å². The third-order valence-electron chi connectivity index (χ3n) is 4.83. The number of unbranched alkanes of at least 4 members (excludes halogenated alkanes) is 1. The Hall–Kier alpha value is -3.34. The molecule has 0 saturated heterocycles. The monoisotopic (exact) mass is 525 g/mol. The molecule has 2 N–H and O–H groups in total. The Kier molecular flexibility index (Phi) is 13.4. The minimum atomic E-state index is -1.07. The molecule has 11 nitrogen and oxygen atoms in total. The number of esters is 2. The largest absolute Gasteiger partial charge is 0.514 e. The van der Waals surface area contributed by atoms with Gasteiger partial charge in [0.2, 0.25) is 0 Å². The molecule has 0 bridgehead atoms. The van der Waals surface area contributed by atoms with Crippen LogP contribution < -0.4 is 15.2 Å². The number of ether oxygens (including phenoxy) is 6. The van der Waals surface area contributed by atoms with Gasteiger partial charge in [-0.1, -0.05) is 19.4 Å². The maximum Gasteiger partial charge on any atom is 0.514 e. The zero-order chi connectivity index (χ0) is 28.1. The highest BCUT2D eigenvalue weighted by Gasteiger charge is 2.25. The first kappa shape index (κ1) is 31.7. The molecular formula is C26H39NO10. The van der Waals surface area contributed by atoms with Crippen molar-refractivity contribution in [2.75, 3.05) is 0 Å². The van der Waals surface area contributed by atoms with E-state index in [2.05, 4.69) is 0 Å². The molecule has 37 heavy (non-hydrogen) atoms. The molecule has 0 saturated carbocycles. The first-order chi connectivity index (χ1) is 17.3. The molecule has 3 atom stereocenters. The molecule has 1 aromatic carbocycles. The van der Waals surface area contributed by atoms with Gasteiger partial charge < -0.3 is 34.2 Å². The van der Waals surface area contributed by atoms with Gasteiger partial charge >= 0.3 is 24.2 Å². The van der Waals surface area contributed by atoms with Gasteiger partial charge in [-0.15, -0.1) is 0 Å². The van der Waals surface area contributed by atoms with E-state index < -0.39 is 48.7 Å². The van der Waals surface area contributed by atoms with Crippen molar-refractivity contribution in [2.24, 2.45) is 5.73 Å². The van der Waals surface area contributed by atoms with Gasteiger partial charge in [0.05, 0.1) is 12.2 Å². The summed E-state index contributed by atoms with van der Waals surface area (Å²) < 4.78 is 31.0. The van der Waals surface area contributed by atoms with Crippen molar-refractivity contribution in [2.45, 2.75) is 105 Å². The number of rotatable bonds is 13. The van der Waals surface area contributed by atoms with E-state index in [0.717, 1.165) is 6.42 Å². The van der Waals surface area contributed by atoms with Crippen LogP contribution in [-0.4, -0.2) is 54.7 Å². The highest BCUT2D eigenvalue weighted by Crippen LogP contribution is 2.30. The molecule has 0 aliphatic carbocycles. The molecule has 0 heterocycles. The summed E-state index contributed by atoms with van der Waals surface area (Å²) in [7, 11) is 0. The Labute approximate surface area is 217 Å². The Morgan fingerprint density at radius 1 is 0.784 bits per heavy atom. The van der Waals surface area contributed by atoms with Crippen LogP contribution in [0.5, 0.6) is 11.5 Å². The van der Waals surface area contributed by atoms with Gasteiger partial charge in [0, 0.05) is 6.42 Å². The van der Waals surface area contributed by atoms with Gasteiger partial charge in [0.25, 0.3) is 0 Å². The van der Waals surface area contributed by atoms with Crippen molar-refractivity contribution < 1.29 is 47.6 Å². The van der Waals surface area contributed by atoms with Crippen LogP contribution in [0.4, 0.5) is 9.59 Å². The third-order valence-corrected chi connectivity index (χ3v) is 4.83. The molecule has 0 aromatic heterocycles. The lowest BCUT2D eigenvalue weighted by atomic mass is 10.1. The number of benzene rings is 1. The van der Waals surface area contributed by atoms with Gasteiger partial charge in [-0.2, -0.15) is 0 Å². The van der Waals surface area contributed by atoms with Crippen molar-refractivity contribution in [3.05, 3.63) is 23.8 Å². The lowest BCUT2D eigenvalue weighted by molar-refractivity contribution is -0.166. The van der Waals surface area contributed by atoms with Crippen LogP contribution in [0.1, 0.15) is 73.3 Å². The van der Waals surface area contributed by atoms with E-state index in [4.69, 9.17) is 34.2 Å². The highest BCUT2D eigenvalue weighted by molar-refractivity contribution is 5.76. The summed E-state index contributed by atoms with van der Waals surface area (Å²) in [6.45, 7) is 11.8. The topological polar surface area (TPSA) is 150 Å². The predicted molar refractivity (Wildman–Crippen MR) is 133 cm³/mol. The molecule has 1 aromatic rings. The maximum absolute atomic E-state index is 12.5. The third kappa shape index (κ3) is 12.4. The zero-order valence-corrected chi connectivity index (χ0v) is 22.6.